The molecule has 4 nitrogen and oxygen atoms in total. The molecule has 0 saturated carbocycles. The summed E-state index contributed by atoms with van der Waals surface area (Å²) in [6, 6.07) is 0. The van der Waals surface area contributed by atoms with Crippen molar-refractivity contribution in [3.05, 3.63) is 0 Å². The van der Waals surface area contributed by atoms with Gasteiger partial charge >= 0.3 is 0 Å². The van der Waals surface area contributed by atoms with E-state index < -0.39 is 7.37 Å². The smallest absolute Gasteiger partial charge is 0.207 e. The molecule has 80 valence electrons. The normalized spacial score (nSPS) is 14.4. The van der Waals surface area contributed by atoms with E-state index >= 15 is 0 Å². The average molecular weight is 274 g/mol. The Bertz CT molecular complexity index is 198. The Hall–Kier alpha value is 0.300. The summed E-state index contributed by atoms with van der Waals surface area (Å²) in [5.74, 6) is -0.336. The highest BCUT2D eigenvalue weighted by Crippen LogP contribution is 2.40. The van der Waals surface area contributed by atoms with Crippen LogP contribution in [-0.2, 0) is 9.36 Å². The quantitative estimate of drug-likeness (QED) is 0.712. The Morgan fingerprint density at radius 3 is 2.46 bits per heavy atom. The average Bonchev–Trinajstić information content (AvgIpc) is 2.00. The number of hydrogen-bond donors (Lipinski definition) is 2. The van der Waals surface area contributed by atoms with Crippen molar-refractivity contribution >= 4 is 30.1 Å². The molecule has 0 fully saturated rings. The van der Waals surface area contributed by atoms with Crippen molar-refractivity contribution < 1.29 is 14.3 Å². The molecule has 0 aromatic heterocycles. The van der Waals surface area contributed by atoms with Crippen LogP contribution in [-0.4, -0.2) is 29.5 Å². The summed E-state index contributed by atoms with van der Waals surface area (Å²) >= 11 is 0. The minimum absolute atomic E-state index is 0. The van der Waals surface area contributed by atoms with E-state index in [1.54, 1.807) is 0 Å². The van der Waals surface area contributed by atoms with Gasteiger partial charge in [0.1, 0.15) is 0 Å². The van der Waals surface area contributed by atoms with Crippen molar-refractivity contribution in [3.63, 3.8) is 0 Å². The minimum Gasteiger partial charge on any atom is -0.344 e. The highest BCUT2D eigenvalue weighted by atomic mass is 79.9. The molecule has 0 aromatic carbocycles. The summed E-state index contributed by atoms with van der Waals surface area (Å²) < 4.78 is 11.2. The van der Waals surface area contributed by atoms with Gasteiger partial charge in [-0.3, -0.25) is 9.36 Å². The van der Waals surface area contributed by atoms with Crippen LogP contribution in [0.15, 0.2) is 0 Å². The minimum atomic E-state index is -3.21. The van der Waals surface area contributed by atoms with E-state index in [4.69, 9.17) is 5.73 Å². The van der Waals surface area contributed by atoms with E-state index in [1.165, 1.54) is 0 Å². The fourth-order valence-corrected chi connectivity index (χ4v) is 2.47. The van der Waals surface area contributed by atoms with Crippen LogP contribution in [0.2, 0.25) is 0 Å². The molecular weight excluding hydrogens is 257 g/mol. The number of hydrogen-bond acceptors (Lipinski definition) is 3. The van der Waals surface area contributed by atoms with E-state index in [0.29, 0.717) is 6.42 Å². The Kier molecular flexibility index (Phi) is 9.31. The van der Waals surface area contributed by atoms with Crippen LogP contribution >= 0.6 is 24.4 Å². The predicted octanol–water partition coefficient (Wildman–Crippen LogP) is 1.16. The van der Waals surface area contributed by atoms with Gasteiger partial charge in [0.05, 0.1) is 12.7 Å². The molecule has 0 saturated heterocycles. The van der Waals surface area contributed by atoms with Crippen molar-refractivity contribution in [2.75, 3.05) is 18.9 Å². The lowest BCUT2D eigenvalue weighted by molar-refractivity contribution is -0.115. The number of ketones is 1. The zero-order valence-corrected chi connectivity index (χ0v) is 10.3. The van der Waals surface area contributed by atoms with Gasteiger partial charge in [-0.25, -0.2) is 0 Å². The molecule has 0 rings (SSSR count). The maximum atomic E-state index is 11.2. The first kappa shape index (κ1) is 15.8. The third-order valence-corrected chi connectivity index (χ3v) is 3.37. The van der Waals surface area contributed by atoms with Gasteiger partial charge in [-0.15, -0.1) is 17.0 Å². The van der Waals surface area contributed by atoms with Crippen molar-refractivity contribution in [2.45, 2.75) is 19.8 Å². The monoisotopic (exact) mass is 273 g/mol. The molecule has 0 aromatic rings. The van der Waals surface area contributed by atoms with Crippen LogP contribution < -0.4 is 5.73 Å². The van der Waals surface area contributed by atoms with Crippen LogP contribution in [0, 0.1) is 0 Å². The van der Waals surface area contributed by atoms with Crippen molar-refractivity contribution in [1.29, 1.82) is 0 Å². The van der Waals surface area contributed by atoms with Crippen LogP contribution in [0.1, 0.15) is 19.8 Å². The van der Waals surface area contributed by atoms with E-state index in [9.17, 15) is 14.3 Å². The molecule has 0 heterocycles. The number of nitrogens with two attached hydrogens (primary N) is 1. The Labute approximate surface area is 89.1 Å². The second-order valence-corrected chi connectivity index (χ2v) is 5.28. The first-order valence-electron chi connectivity index (χ1n) is 4.04. The van der Waals surface area contributed by atoms with E-state index in [0.717, 1.165) is 6.42 Å². The van der Waals surface area contributed by atoms with Gasteiger partial charge in [-0.2, -0.15) is 0 Å². The summed E-state index contributed by atoms with van der Waals surface area (Å²) in [4.78, 5) is 20.0. The summed E-state index contributed by atoms with van der Waals surface area (Å²) in [6.45, 7) is 1.79. The second-order valence-electron chi connectivity index (χ2n) is 2.82. The van der Waals surface area contributed by atoms with E-state index in [-0.39, 0.29) is 41.6 Å². The summed E-state index contributed by atoms with van der Waals surface area (Å²) in [6.07, 6.45) is 1.52. The van der Waals surface area contributed by atoms with Crippen LogP contribution in [0.4, 0.5) is 0 Å². The molecule has 0 radical (unpaired) electrons. The number of Topliss-reactive ketones (excluding diaryl/α,β-unsaturated/α-hetero) is 1. The molecule has 0 aliphatic carbocycles. The Balaban J connectivity index is 0. The topological polar surface area (TPSA) is 80.4 Å². The van der Waals surface area contributed by atoms with Gasteiger partial charge in [0.2, 0.25) is 7.37 Å². The number of rotatable bonds is 6. The highest BCUT2D eigenvalue weighted by molar-refractivity contribution is 8.93. The molecule has 6 heteroatoms. The molecule has 1 unspecified atom stereocenters. The van der Waals surface area contributed by atoms with Crippen LogP contribution in [0.25, 0.3) is 0 Å². The third kappa shape index (κ3) is 8.63. The van der Waals surface area contributed by atoms with Gasteiger partial charge in [0.25, 0.3) is 0 Å². The third-order valence-electron chi connectivity index (χ3n) is 1.51. The van der Waals surface area contributed by atoms with E-state index in [2.05, 4.69) is 0 Å². The first-order valence-corrected chi connectivity index (χ1v) is 6.07. The molecular formula is C7H17BrNO3P. The van der Waals surface area contributed by atoms with Gasteiger partial charge < -0.3 is 10.6 Å². The molecule has 0 aliphatic heterocycles. The lowest BCUT2D eigenvalue weighted by Gasteiger charge is -2.08. The number of unbranched alkanes of at least 4 members (excludes halogenated alkanes) is 1. The van der Waals surface area contributed by atoms with Gasteiger partial charge in [0, 0.05) is 6.16 Å². The molecule has 0 aliphatic rings. The highest BCUT2D eigenvalue weighted by Gasteiger charge is 2.20. The molecule has 0 spiro atoms. The summed E-state index contributed by atoms with van der Waals surface area (Å²) in [5.41, 5.74) is 5.03. The van der Waals surface area contributed by atoms with Crippen LogP contribution in [0.5, 0.6) is 0 Å². The number of carbonyl (C=O) groups is 1. The standard InChI is InChI=1S/C7H16NO3P.BrH/c1-2-3-4-12(10,11)6-7(9)5-8;/h2-6,8H2,1H3,(H,10,11);1H. The molecule has 1 atom stereocenters. The zero-order valence-electron chi connectivity index (χ0n) is 7.73. The largest absolute Gasteiger partial charge is 0.344 e. The van der Waals surface area contributed by atoms with Crippen molar-refractivity contribution in [3.8, 4) is 0 Å². The maximum Gasteiger partial charge on any atom is 0.207 e. The van der Waals surface area contributed by atoms with Crippen LogP contribution in [0.3, 0.4) is 0 Å². The summed E-state index contributed by atoms with van der Waals surface area (Å²) in [7, 11) is -3.21. The fourth-order valence-electron chi connectivity index (χ4n) is 0.824. The Morgan fingerprint density at radius 2 is 2.08 bits per heavy atom. The zero-order chi connectivity index (χ0) is 9.61. The molecule has 3 N–H and O–H groups in total. The van der Waals surface area contributed by atoms with Crippen molar-refractivity contribution in [1.82, 2.24) is 0 Å². The van der Waals surface area contributed by atoms with Gasteiger partial charge in [-0.05, 0) is 6.42 Å². The second kappa shape index (κ2) is 7.68. The maximum absolute atomic E-state index is 11.2. The number of carbonyl (C=O) groups excluding carboxylic acids is 1. The lowest BCUT2D eigenvalue weighted by Crippen LogP contribution is -2.18. The van der Waals surface area contributed by atoms with Gasteiger partial charge in [-0.1, -0.05) is 13.3 Å². The lowest BCUT2D eigenvalue weighted by atomic mass is 10.4. The Morgan fingerprint density at radius 1 is 1.54 bits per heavy atom. The summed E-state index contributed by atoms with van der Waals surface area (Å²) in [5, 5.41) is 0. The fraction of sp³-hybridized carbons (Fsp3) is 0.857. The SMILES string of the molecule is Br.CCCCP(=O)(O)CC(=O)CN. The van der Waals surface area contributed by atoms with Gasteiger partial charge in [0.15, 0.2) is 5.78 Å². The molecule has 0 bridgehead atoms. The predicted molar refractivity (Wildman–Crippen MR) is 58.9 cm³/mol. The molecule has 0 amide bonds. The first-order chi connectivity index (χ1) is 5.52. The number of halogens is 1. The van der Waals surface area contributed by atoms with E-state index in [1.807, 2.05) is 6.92 Å². The van der Waals surface area contributed by atoms with Crippen molar-refractivity contribution in [2.24, 2.45) is 5.73 Å². The molecule has 13 heavy (non-hydrogen) atoms.